The van der Waals surface area contributed by atoms with Crippen LogP contribution in [0.1, 0.15) is 45.8 Å². The van der Waals surface area contributed by atoms with Gasteiger partial charge in [-0.25, -0.2) is 0 Å². The second kappa shape index (κ2) is 6.12. The molecule has 0 bridgehead atoms. The Bertz CT molecular complexity index is 342. The van der Waals surface area contributed by atoms with E-state index in [1.807, 2.05) is 11.5 Å². The van der Waals surface area contributed by atoms with Crippen molar-refractivity contribution < 1.29 is 9.84 Å². The SMILES string of the molecule is CCOCCCc1nnc(CO)n1C(C)(C)C. The molecule has 1 aromatic rings. The molecule has 1 N–H and O–H groups in total. The Morgan fingerprint density at radius 2 is 1.88 bits per heavy atom. The molecule has 98 valence electrons. The quantitative estimate of drug-likeness (QED) is 0.767. The van der Waals surface area contributed by atoms with E-state index < -0.39 is 0 Å². The molecule has 5 heteroatoms. The minimum Gasteiger partial charge on any atom is -0.388 e. The third-order valence-corrected chi connectivity index (χ3v) is 2.50. The summed E-state index contributed by atoms with van der Waals surface area (Å²) < 4.78 is 7.32. The second-order valence-electron chi connectivity index (χ2n) is 5.00. The van der Waals surface area contributed by atoms with E-state index in [9.17, 15) is 5.11 Å². The number of nitrogens with zero attached hydrogens (tertiary/aromatic N) is 3. The molecule has 0 amide bonds. The Labute approximate surface area is 103 Å². The van der Waals surface area contributed by atoms with Gasteiger partial charge in [-0.1, -0.05) is 0 Å². The van der Waals surface area contributed by atoms with Crippen LogP contribution in [-0.4, -0.2) is 33.1 Å². The normalized spacial score (nSPS) is 12.1. The van der Waals surface area contributed by atoms with Crippen molar-refractivity contribution in [2.45, 2.75) is 52.7 Å². The van der Waals surface area contributed by atoms with E-state index in [1.165, 1.54) is 0 Å². The Hall–Kier alpha value is -0.940. The zero-order valence-electron chi connectivity index (χ0n) is 11.2. The summed E-state index contributed by atoms with van der Waals surface area (Å²) in [5.74, 6) is 1.55. The fourth-order valence-electron chi connectivity index (χ4n) is 1.87. The van der Waals surface area contributed by atoms with Crippen LogP contribution in [0.5, 0.6) is 0 Å². The fraction of sp³-hybridized carbons (Fsp3) is 0.833. The number of aromatic nitrogens is 3. The van der Waals surface area contributed by atoms with Gasteiger partial charge in [-0.3, -0.25) is 0 Å². The molecule has 1 aromatic heterocycles. The highest BCUT2D eigenvalue weighted by molar-refractivity contribution is 5.00. The summed E-state index contributed by atoms with van der Waals surface area (Å²) in [6.45, 7) is 9.65. The van der Waals surface area contributed by atoms with Crippen LogP contribution in [0.3, 0.4) is 0 Å². The van der Waals surface area contributed by atoms with Gasteiger partial charge in [-0.15, -0.1) is 10.2 Å². The van der Waals surface area contributed by atoms with Gasteiger partial charge in [0.1, 0.15) is 12.4 Å². The lowest BCUT2D eigenvalue weighted by molar-refractivity contribution is 0.144. The predicted molar refractivity (Wildman–Crippen MR) is 65.8 cm³/mol. The maximum Gasteiger partial charge on any atom is 0.159 e. The number of aryl methyl sites for hydroxylation is 1. The van der Waals surface area contributed by atoms with Crippen LogP contribution in [0.15, 0.2) is 0 Å². The van der Waals surface area contributed by atoms with Crippen molar-refractivity contribution in [2.24, 2.45) is 0 Å². The number of aliphatic hydroxyl groups excluding tert-OH is 1. The molecule has 5 nitrogen and oxygen atoms in total. The minimum absolute atomic E-state index is 0.0737. The lowest BCUT2D eigenvalue weighted by Crippen LogP contribution is -2.26. The zero-order valence-corrected chi connectivity index (χ0v) is 11.2. The minimum atomic E-state index is -0.109. The van der Waals surface area contributed by atoms with Crippen molar-refractivity contribution in [3.63, 3.8) is 0 Å². The molecule has 0 aliphatic rings. The standard InChI is InChI=1S/C12H23N3O2/c1-5-17-8-6-7-10-13-14-11(9-16)15(10)12(2,3)4/h16H,5-9H2,1-4H3. The molecule has 0 aromatic carbocycles. The first-order chi connectivity index (χ1) is 8.00. The highest BCUT2D eigenvalue weighted by atomic mass is 16.5. The van der Waals surface area contributed by atoms with Gasteiger partial charge < -0.3 is 14.4 Å². The molecular weight excluding hydrogens is 218 g/mol. The molecule has 0 fully saturated rings. The summed E-state index contributed by atoms with van der Waals surface area (Å²) in [7, 11) is 0. The molecule has 0 aliphatic carbocycles. The average molecular weight is 241 g/mol. The average Bonchev–Trinajstić information content (AvgIpc) is 2.67. The van der Waals surface area contributed by atoms with Crippen LogP contribution < -0.4 is 0 Å². The predicted octanol–water partition coefficient (Wildman–Crippen LogP) is 1.49. The van der Waals surface area contributed by atoms with E-state index in [-0.39, 0.29) is 12.1 Å². The summed E-state index contributed by atoms with van der Waals surface area (Å²) in [5.41, 5.74) is -0.109. The molecule has 0 atom stereocenters. The smallest absolute Gasteiger partial charge is 0.159 e. The van der Waals surface area contributed by atoms with Crippen LogP contribution in [0.25, 0.3) is 0 Å². The van der Waals surface area contributed by atoms with Gasteiger partial charge >= 0.3 is 0 Å². The lowest BCUT2D eigenvalue weighted by atomic mass is 10.1. The Balaban J connectivity index is 2.75. The molecule has 1 rings (SSSR count). The molecule has 0 radical (unpaired) electrons. The van der Waals surface area contributed by atoms with Gasteiger partial charge in [0.05, 0.1) is 0 Å². The second-order valence-corrected chi connectivity index (χ2v) is 5.00. The van der Waals surface area contributed by atoms with Gasteiger partial charge in [0, 0.05) is 25.2 Å². The number of aliphatic hydroxyl groups is 1. The molecule has 0 saturated heterocycles. The summed E-state index contributed by atoms with van der Waals surface area (Å²) in [5, 5.41) is 17.4. The van der Waals surface area contributed by atoms with Crippen LogP contribution >= 0.6 is 0 Å². The van der Waals surface area contributed by atoms with Crippen LogP contribution in [0.4, 0.5) is 0 Å². The molecule has 0 unspecified atom stereocenters. The van der Waals surface area contributed by atoms with E-state index in [4.69, 9.17) is 4.74 Å². The third-order valence-electron chi connectivity index (χ3n) is 2.50. The van der Waals surface area contributed by atoms with E-state index in [0.717, 1.165) is 31.9 Å². The van der Waals surface area contributed by atoms with Crippen LogP contribution in [0, 0.1) is 0 Å². The summed E-state index contributed by atoms with van der Waals surface area (Å²) in [6.07, 6.45) is 1.75. The first kappa shape index (κ1) is 14.1. The molecule has 0 aliphatic heterocycles. The molecule has 0 saturated carbocycles. The highest BCUT2D eigenvalue weighted by Crippen LogP contribution is 2.19. The van der Waals surface area contributed by atoms with Crippen LogP contribution in [0.2, 0.25) is 0 Å². The van der Waals surface area contributed by atoms with E-state index >= 15 is 0 Å². The topological polar surface area (TPSA) is 60.2 Å². The van der Waals surface area contributed by atoms with Gasteiger partial charge in [0.2, 0.25) is 0 Å². The van der Waals surface area contributed by atoms with Crippen molar-refractivity contribution in [1.82, 2.24) is 14.8 Å². The maximum atomic E-state index is 9.26. The van der Waals surface area contributed by atoms with Crippen molar-refractivity contribution in [2.75, 3.05) is 13.2 Å². The van der Waals surface area contributed by atoms with Gasteiger partial charge in [0.15, 0.2) is 5.82 Å². The van der Waals surface area contributed by atoms with Gasteiger partial charge in [0.25, 0.3) is 0 Å². The third kappa shape index (κ3) is 3.78. The number of ether oxygens (including phenoxy) is 1. The number of hydrogen-bond donors (Lipinski definition) is 1. The summed E-state index contributed by atoms with van der Waals surface area (Å²) >= 11 is 0. The Morgan fingerprint density at radius 1 is 1.24 bits per heavy atom. The Kier molecular flexibility index (Phi) is 5.08. The first-order valence-electron chi connectivity index (χ1n) is 6.13. The largest absolute Gasteiger partial charge is 0.388 e. The number of rotatable bonds is 6. The van der Waals surface area contributed by atoms with E-state index in [1.54, 1.807) is 0 Å². The zero-order chi connectivity index (χ0) is 12.9. The van der Waals surface area contributed by atoms with E-state index in [2.05, 4.69) is 31.0 Å². The van der Waals surface area contributed by atoms with Gasteiger partial charge in [-0.05, 0) is 34.1 Å². The summed E-state index contributed by atoms with van der Waals surface area (Å²) in [6, 6.07) is 0. The number of hydrogen-bond acceptors (Lipinski definition) is 4. The Morgan fingerprint density at radius 3 is 2.41 bits per heavy atom. The fourth-order valence-corrected chi connectivity index (χ4v) is 1.87. The monoisotopic (exact) mass is 241 g/mol. The maximum absolute atomic E-state index is 9.26. The van der Waals surface area contributed by atoms with Gasteiger partial charge in [-0.2, -0.15) is 0 Å². The highest BCUT2D eigenvalue weighted by Gasteiger charge is 2.21. The molecular formula is C12H23N3O2. The first-order valence-corrected chi connectivity index (χ1v) is 6.13. The van der Waals surface area contributed by atoms with E-state index in [0.29, 0.717) is 5.82 Å². The molecule has 17 heavy (non-hydrogen) atoms. The van der Waals surface area contributed by atoms with Crippen molar-refractivity contribution in [3.05, 3.63) is 11.6 Å². The van der Waals surface area contributed by atoms with Crippen molar-refractivity contribution in [1.29, 1.82) is 0 Å². The molecule has 0 spiro atoms. The van der Waals surface area contributed by atoms with Crippen molar-refractivity contribution in [3.8, 4) is 0 Å². The summed E-state index contributed by atoms with van der Waals surface area (Å²) in [4.78, 5) is 0. The molecule has 1 heterocycles. The lowest BCUT2D eigenvalue weighted by Gasteiger charge is -2.24. The van der Waals surface area contributed by atoms with Crippen molar-refractivity contribution >= 4 is 0 Å². The van der Waals surface area contributed by atoms with Crippen LogP contribution in [-0.2, 0) is 23.3 Å².